The predicted octanol–water partition coefficient (Wildman–Crippen LogP) is -0.476. The fourth-order valence-corrected chi connectivity index (χ4v) is 2.77. The fraction of sp³-hybridized carbons (Fsp3) is 0.235. The number of rotatable bonds is 6. The van der Waals surface area contributed by atoms with Crippen LogP contribution in [-0.4, -0.2) is 42.1 Å². The van der Waals surface area contributed by atoms with E-state index in [-0.39, 0.29) is 22.5 Å². The van der Waals surface area contributed by atoms with Crippen molar-refractivity contribution < 1.29 is 19.2 Å². The van der Waals surface area contributed by atoms with Crippen LogP contribution in [0, 0.1) is 10.1 Å². The van der Waals surface area contributed by atoms with Gasteiger partial charge in [0.15, 0.2) is 17.8 Å². The SMILES string of the molecule is Cn1c(=O)c2c(ncn2CC(=O)OCC(=O)Nc2ccccc2[N+](=O)[O-])n(C)c1=O. The number of hydrogen-bond donors (Lipinski definition) is 1. The van der Waals surface area contributed by atoms with Gasteiger partial charge in [-0.2, -0.15) is 0 Å². The van der Waals surface area contributed by atoms with Crippen LogP contribution in [0.5, 0.6) is 0 Å². The van der Waals surface area contributed by atoms with E-state index in [1.165, 1.54) is 53.8 Å². The number of para-hydroxylation sites is 2. The van der Waals surface area contributed by atoms with Crippen molar-refractivity contribution in [1.29, 1.82) is 0 Å². The van der Waals surface area contributed by atoms with E-state index in [0.717, 1.165) is 4.57 Å². The van der Waals surface area contributed by atoms with Gasteiger partial charge >= 0.3 is 11.7 Å². The number of anilines is 1. The van der Waals surface area contributed by atoms with Crippen molar-refractivity contribution in [2.45, 2.75) is 6.54 Å². The summed E-state index contributed by atoms with van der Waals surface area (Å²) in [5.74, 6) is -1.62. The predicted molar refractivity (Wildman–Crippen MR) is 103 cm³/mol. The molecule has 2 aromatic heterocycles. The second kappa shape index (κ2) is 7.98. The monoisotopic (exact) mass is 416 g/mol. The number of aryl methyl sites for hydroxylation is 1. The zero-order valence-electron chi connectivity index (χ0n) is 15.9. The Balaban J connectivity index is 1.69. The number of nitro benzene ring substituents is 1. The van der Waals surface area contributed by atoms with E-state index < -0.39 is 41.2 Å². The number of imidazole rings is 1. The highest BCUT2D eigenvalue weighted by Gasteiger charge is 2.18. The van der Waals surface area contributed by atoms with Gasteiger partial charge in [0.1, 0.15) is 12.2 Å². The summed E-state index contributed by atoms with van der Waals surface area (Å²) in [4.78, 5) is 62.6. The lowest BCUT2D eigenvalue weighted by Crippen LogP contribution is -2.37. The van der Waals surface area contributed by atoms with Crippen LogP contribution in [0.4, 0.5) is 11.4 Å². The van der Waals surface area contributed by atoms with Crippen LogP contribution < -0.4 is 16.6 Å². The van der Waals surface area contributed by atoms with Gasteiger partial charge in [0, 0.05) is 20.2 Å². The summed E-state index contributed by atoms with van der Waals surface area (Å²) < 4.78 is 8.13. The summed E-state index contributed by atoms with van der Waals surface area (Å²) in [6.07, 6.45) is 1.21. The van der Waals surface area contributed by atoms with Crippen LogP contribution in [-0.2, 0) is 35.0 Å². The third-order valence-electron chi connectivity index (χ3n) is 4.26. The van der Waals surface area contributed by atoms with Crippen LogP contribution in [0.3, 0.4) is 0 Å². The molecule has 0 atom stereocenters. The molecule has 3 rings (SSSR count). The zero-order chi connectivity index (χ0) is 22.0. The van der Waals surface area contributed by atoms with Gasteiger partial charge < -0.3 is 14.6 Å². The minimum absolute atomic E-state index is 0.0286. The van der Waals surface area contributed by atoms with E-state index in [4.69, 9.17) is 4.74 Å². The lowest BCUT2D eigenvalue weighted by molar-refractivity contribution is -0.383. The first-order valence-corrected chi connectivity index (χ1v) is 8.50. The maximum atomic E-state index is 12.3. The molecule has 13 nitrogen and oxygen atoms in total. The molecule has 0 radical (unpaired) electrons. The van der Waals surface area contributed by atoms with Gasteiger partial charge in [-0.25, -0.2) is 9.78 Å². The number of nitrogens with zero attached hydrogens (tertiary/aromatic N) is 5. The molecule has 0 unspecified atom stereocenters. The second-order valence-electron chi connectivity index (χ2n) is 6.23. The minimum atomic E-state index is -0.845. The van der Waals surface area contributed by atoms with Crippen molar-refractivity contribution >= 4 is 34.4 Å². The number of nitro groups is 1. The molecule has 0 aliphatic carbocycles. The molecule has 1 N–H and O–H groups in total. The average molecular weight is 416 g/mol. The third kappa shape index (κ3) is 3.80. The van der Waals surface area contributed by atoms with Crippen molar-refractivity contribution in [3.05, 3.63) is 61.5 Å². The Hall–Kier alpha value is -4.29. The molecule has 2 heterocycles. The van der Waals surface area contributed by atoms with E-state index >= 15 is 0 Å². The maximum absolute atomic E-state index is 12.3. The Morgan fingerprint density at radius 1 is 1.20 bits per heavy atom. The van der Waals surface area contributed by atoms with Gasteiger partial charge in [0.05, 0.1) is 11.3 Å². The smallest absolute Gasteiger partial charge is 0.332 e. The molecule has 0 spiro atoms. The summed E-state index contributed by atoms with van der Waals surface area (Å²) >= 11 is 0. The van der Waals surface area contributed by atoms with E-state index in [1.54, 1.807) is 0 Å². The molecule has 30 heavy (non-hydrogen) atoms. The molecule has 3 aromatic rings. The Labute approximate surface area is 167 Å². The number of nitrogens with one attached hydrogen (secondary N) is 1. The Bertz CT molecular complexity index is 1290. The molecule has 0 aliphatic heterocycles. The maximum Gasteiger partial charge on any atom is 0.332 e. The molecule has 0 saturated carbocycles. The zero-order valence-corrected chi connectivity index (χ0v) is 15.9. The molecule has 0 saturated heterocycles. The van der Waals surface area contributed by atoms with Crippen molar-refractivity contribution in [1.82, 2.24) is 18.7 Å². The largest absolute Gasteiger partial charge is 0.454 e. The van der Waals surface area contributed by atoms with E-state index in [2.05, 4.69) is 10.3 Å². The summed E-state index contributed by atoms with van der Waals surface area (Å²) in [5, 5.41) is 13.3. The molecular weight excluding hydrogens is 400 g/mol. The first-order valence-electron chi connectivity index (χ1n) is 8.50. The highest BCUT2D eigenvalue weighted by atomic mass is 16.6. The fourth-order valence-electron chi connectivity index (χ4n) is 2.77. The number of benzene rings is 1. The van der Waals surface area contributed by atoms with Crippen LogP contribution in [0.1, 0.15) is 0 Å². The van der Waals surface area contributed by atoms with Crippen LogP contribution >= 0.6 is 0 Å². The van der Waals surface area contributed by atoms with Gasteiger partial charge in [-0.15, -0.1) is 0 Å². The molecule has 1 amide bonds. The molecule has 13 heteroatoms. The van der Waals surface area contributed by atoms with E-state index in [0.29, 0.717) is 0 Å². The minimum Gasteiger partial charge on any atom is -0.454 e. The van der Waals surface area contributed by atoms with Gasteiger partial charge in [0.25, 0.3) is 17.2 Å². The highest BCUT2D eigenvalue weighted by Crippen LogP contribution is 2.22. The van der Waals surface area contributed by atoms with Crippen LogP contribution in [0.2, 0.25) is 0 Å². The lowest BCUT2D eigenvalue weighted by atomic mass is 10.2. The van der Waals surface area contributed by atoms with Crippen molar-refractivity contribution in [3.8, 4) is 0 Å². The lowest BCUT2D eigenvalue weighted by Gasteiger charge is -2.08. The van der Waals surface area contributed by atoms with Crippen LogP contribution in [0.25, 0.3) is 11.2 Å². The third-order valence-corrected chi connectivity index (χ3v) is 4.26. The summed E-state index contributed by atoms with van der Waals surface area (Å²) in [6.45, 7) is -1.11. The van der Waals surface area contributed by atoms with E-state index in [9.17, 15) is 29.3 Å². The van der Waals surface area contributed by atoms with Crippen LogP contribution in [0.15, 0.2) is 40.2 Å². The highest BCUT2D eigenvalue weighted by molar-refractivity contribution is 5.94. The normalized spacial score (nSPS) is 10.7. The molecular formula is C17H16N6O7. The van der Waals surface area contributed by atoms with E-state index in [1.807, 2.05) is 0 Å². The molecule has 0 bridgehead atoms. The number of carbonyl (C=O) groups is 2. The number of hydrogen-bond acceptors (Lipinski definition) is 8. The number of ether oxygens (including phenoxy) is 1. The topological polar surface area (TPSA) is 160 Å². The molecule has 0 aliphatic rings. The molecule has 0 fully saturated rings. The van der Waals surface area contributed by atoms with Gasteiger partial charge in [-0.05, 0) is 6.07 Å². The first kappa shape index (κ1) is 20.4. The first-order chi connectivity index (χ1) is 14.2. The van der Waals surface area contributed by atoms with Crippen molar-refractivity contribution in [3.63, 3.8) is 0 Å². The molecule has 1 aromatic carbocycles. The van der Waals surface area contributed by atoms with Crippen molar-refractivity contribution in [2.75, 3.05) is 11.9 Å². The number of amides is 1. The number of esters is 1. The van der Waals surface area contributed by atoms with Gasteiger partial charge in [0.2, 0.25) is 0 Å². The number of fused-ring (bicyclic) bond motifs is 1. The summed E-state index contributed by atoms with van der Waals surface area (Å²) in [5.41, 5.74) is -1.40. The summed E-state index contributed by atoms with van der Waals surface area (Å²) in [7, 11) is 2.74. The summed E-state index contributed by atoms with van der Waals surface area (Å²) in [6, 6.07) is 5.52. The average Bonchev–Trinajstić information content (AvgIpc) is 3.13. The standard InChI is InChI=1S/C17H16N6O7/c1-20-15-14(16(26)21(2)17(20)27)22(9-18-15)7-13(25)30-8-12(24)19-10-5-3-4-6-11(10)23(28)29/h3-6,9H,7-8H2,1-2H3,(H,19,24). The number of carbonyl (C=O) groups excluding carboxylic acids is 2. The number of aromatic nitrogens is 4. The molecule has 156 valence electrons. The van der Waals surface area contributed by atoms with Crippen molar-refractivity contribution in [2.24, 2.45) is 14.1 Å². The second-order valence-corrected chi connectivity index (χ2v) is 6.23. The Morgan fingerprint density at radius 3 is 2.60 bits per heavy atom. The Kier molecular flexibility index (Phi) is 5.44. The Morgan fingerprint density at radius 2 is 1.90 bits per heavy atom. The van der Waals surface area contributed by atoms with Gasteiger partial charge in [-0.3, -0.25) is 33.6 Å². The van der Waals surface area contributed by atoms with Gasteiger partial charge in [-0.1, -0.05) is 12.1 Å². The quantitative estimate of drug-likeness (QED) is 0.320.